The lowest BCUT2D eigenvalue weighted by Crippen LogP contribution is -2.08. The van der Waals surface area contributed by atoms with Gasteiger partial charge in [-0.2, -0.15) is 5.26 Å². The number of halogens is 1. The molecule has 3 nitrogen and oxygen atoms in total. The molecule has 84 valence electrons. The van der Waals surface area contributed by atoms with Crippen LogP contribution in [0.15, 0.2) is 18.2 Å². The Balaban J connectivity index is 2.75. The van der Waals surface area contributed by atoms with Gasteiger partial charge in [0.25, 0.3) is 0 Å². The van der Waals surface area contributed by atoms with Gasteiger partial charge in [0, 0.05) is 0 Å². The Kier molecular flexibility index (Phi) is 4.01. The maximum atomic E-state index is 13.0. The van der Waals surface area contributed by atoms with E-state index in [2.05, 4.69) is 0 Å². The maximum absolute atomic E-state index is 13.0. The largest absolute Gasteiger partial charge is 0.481 e. The molecule has 1 rings (SSSR count). The van der Waals surface area contributed by atoms with Crippen molar-refractivity contribution in [3.63, 3.8) is 0 Å². The first kappa shape index (κ1) is 12.2. The van der Waals surface area contributed by atoms with Crippen LogP contribution >= 0.6 is 0 Å². The van der Waals surface area contributed by atoms with E-state index in [0.29, 0.717) is 12.0 Å². The molecule has 0 amide bonds. The standard InChI is InChI=1S/C12H12FNO2/c1-8-4-9(2-3-11(8)13)5-10(7-14)6-12(15)16/h2-4,10H,5-6H2,1H3,(H,15,16). The number of hydrogen-bond donors (Lipinski definition) is 1. The van der Waals surface area contributed by atoms with E-state index in [-0.39, 0.29) is 12.2 Å². The smallest absolute Gasteiger partial charge is 0.304 e. The zero-order valence-electron chi connectivity index (χ0n) is 8.90. The maximum Gasteiger partial charge on any atom is 0.304 e. The van der Waals surface area contributed by atoms with Gasteiger partial charge in [0.2, 0.25) is 0 Å². The van der Waals surface area contributed by atoms with Gasteiger partial charge in [-0.25, -0.2) is 4.39 Å². The lowest BCUT2D eigenvalue weighted by Gasteiger charge is -2.07. The molecule has 0 aliphatic carbocycles. The zero-order chi connectivity index (χ0) is 12.1. The normalized spacial score (nSPS) is 11.8. The van der Waals surface area contributed by atoms with Crippen molar-refractivity contribution in [3.8, 4) is 6.07 Å². The summed E-state index contributed by atoms with van der Waals surface area (Å²) in [4.78, 5) is 10.5. The van der Waals surface area contributed by atoms with Crippen LogP contribution in [0.4, 0.5) is 4.39 Å². The van der Waals surface area contributed by atoms with Crippen molar-refractivity contribution >= 4 is 5.97 Å². The molecule has 1 aromatic rings. The molecule has 0 aromatic heterocycles. The third-order valence-corrected chi connectivity index (χ3v) is 2.31. The first-order valence-electron chi connectivity index (χ1n) is 4.89. The molecule has 0 bridgehead atoms. The first-order chi connectivity index (χ1) is 7.52. The Morgan fingerprint density at radius 2 is 2.31 bits per heavy atom. The molecular weight excluding hydrogens is 209 g/mol. The Labute approximate surface area is 93.1 Å². The van der Waals surface area contributed by atoms with Gasteiger partial charge in [0.05, 0.1) is 18.4 Å². The highest BCUT2D eigenvalue weighted by Gasteiger charge is 2.13. The Hall–Kier alpha value is -1.89. The molecule has 0 saturated heterocycles. The number of carbonyl (C=O) groups is 1. The van der Waals surface area contributed by atoms with Crippen LogP contribution in [0.2, 0.25) is 0 Å². The van der Waals surface area contributed by atoms with Crippen molar-refractivity contribution < 1.29 is 14.3 Å². The molecule has 0 fully saturated rings. The fourth-order valence-corrected chi connectivity index (χ4v) is 1.49. The van der Waals surface area contributed by atoms with Gasteiger partial charge in [-0.05, 0) is 30.5 Å². The minimum atomic E-state index is -0.995. The SMILES string of the molecule is Cc1cc(CC(C#N)CC(=O)O)ccc1F. The molecule has 0 heterocycles. The van der Waals surface area contributed by atoms with Crippen LogP contribution in [0, 0.1) is 30.0 Å². The van der Waals surface area contributed by atoms with E-state index in [1.807, 2.05) is 6.07 Å². The van der Waals surface area contributed by atoms with E-state index < -0.39 is 11.9 Å². The highest BCUT2D eigenvalue weighted by Crippen LogP contribution is 2.15. The average molecular weight is 221 g/mol. The van der Waals surface area contributed by atoms with E-state index in [4.69, 9.17) is 10.4 Å². The molecule has 0 radical (unpaired) electrons. The third-order valence-electron chi connectivity index (χ3n) is 2.31. The van der Waals surface area contributed by atoms with Crippen LogP contribution in [-0.2, 0) is 11.2 Å². The van der Waals surface area contributed by atoms with Crippen molar-refractivity contribution in [2.45, 2.75) is 19.8 Å². The molecular formula is C12H12FNO2. The second-order valence-corrected chi connectivity index (χ2v) is 3.71. The topological polar surface area (TPSA) is 61.1 Å². The fourth-order valence-electron chi connectivity index (χ4n) is 1.49. The van der Waals surface area contributed by atoms with Gasteiger partial charge in [-0.3, -0.25) is 4.79 Å². The van der Waals surface area contributed by atoms with Gasteiger partial charge >= 0.3 is 5.97 Å². The molecule has 16 heavy (non-hydrogen) atoms. The van der Waals surface area contributed by atoms with Gasteiger partial charge < -0.3 is 5.11 Å². The van der Waals surface area contributed by atoms with Gasteiger partial charge in [0.15, 0.2) is 0 Å². The number of hydrogen-bond acceptors (Lipinski definition) is 2. The van der Waals surface area contributed by atoms with Crippen molar-refractivity contribution in [1.29, 1.82) is 5.26 Å². The molecule has 0 aliphatic rings. The molecule has 0 saturated carbocycles. The summed E-state index contributed by atoms with van der Waals surface area (Å²) < 4.78 is 13.0. The molecule has 4 heteroatoms. The molecule has 0 aliphatic heterocycles. The first-order valence-corrected chi connectivity index (χ1v) is 4.89. The monoisotopic (exact) mass is 221 g/mol. The fraction of sp³-hybridized carbons (Fsp3) is 0.333. The predicted octanol–water partition coefficient (Wildman–Crippen LogP) is 2.29. The summed E-state index contributed by atoms with van der Waals surface area (Å²) >= 11 is 0. The van der Waals surface area contributed by atoms with Crippen LogP contribution in [0.5, 0.6) is 0 Å². The van der Waals surface area contributed by atoms with Gasteiger partial charge in [0.1, 0.15) is 5.82 Å². The summed E-state index contributed by atoms with van der Waals surface area (Å²) in [6, 6.07) is 6.49. The number of nitrogens with zero attached hydrogens (tertiary/aromatic N) is 1. The van der Waals surface area contributed by atoms with Gasteiger partial charge in [-0.15, -0.1) is 0 Å². The molecule has 0 spiro atoms. The number of carboxylic acids is 1. The number of nitriles is 1. The van der Waals surface area contributed by atoms with Crippen LogP contribution in [0.25, 0.3) is 0 Å². The quantitative estimate of drug-likeness (QED) is 0.848. The summed E-state index contributed by atoms with van der Waals surface area (Å²) in [5, 5.41) is 17.4. The minimum Gasteiger partial charge on any atom is -0.481 e. The van der Waals surface area contributed by atoms with Crippen molar-refractivity contribution in [2.75, 3.05) is 0 Å². The van der Waals surface area contributed by atoms with E-state index in [1.54, 1.807) is 19.1 Å². The van der Waals surface area contributed by atoms with Gasteiger partial charge in [-0.1, -0.05) is 12.1 Å². The van der Waals surface area contributed by atoms with Crippen LogP contribution in [-0.4, -0.2) is 11.1 Å². The second kappa shape index (κ2) is 5.26. The Morgan fingerprint density at radius 3 is 2.81 bits per heavy atom. The molecule has 1 unspecified atom stereocenters. The van der Waals surface area contributed by atoms with Crippen molar-refractivity contribution in [1.82, 2.24) is 0 Å². The zero-order valence-corrected chi connectivity index (χ0v) is 8.90. The third kappa shape index (κ3) is 3.35. The van der Waals surface area contributed by atoms with Crippen molar-refractivity contribution in [2.24, 2.45) is 5.92 Å². The number of rotatable bonds is 4. The summed E-state index contributed by atoms with van der Waals surface area (Å²) in [6.45, 7) is 1.64. The van der Waals surface area contributed by atoms with Crippen LogP contribution < -0.4 is 0 Å². The highest BCUT2D eigenvalue weighted by molar-refractivity contribution is 5.67. The molecule has 1 atom stereocenters. The second-order valence-electron chi connectivity index (χ2n) is 3.71. The Morgan fingerprint density at radius 1 is 1.62 bits per heavy atom. The summed E-state index contributed by atoms with van der Waals surface area (Å²) in [5.74, 6) is -1.86. The van der Waals surface area contributed by atoms with E-state index in [1.165, 1.54) is 6.07 Å². The van der Waals surface area contributed by atoms with E-state index in [0.717, 1.165) is 5.56 Å². The summed E-state index contributed by atoms with van der Waals surface area (Å²) in [6.07, 6.45) is 0.150. The lowest BCUT2D eigenvalue weighted by atomic mass is 9.96. The lowest BCUT2D eigenvalue weighted by molar-refractivity contribution is -0.137. The Bertz CT molecular complexity index is 437. The van der Waals surface area contributed by atoms with E-state index >= 15 is 0 Å². The van der Waals surface area contributed by atoms with E-state index in [9.17, 15) is 9.18 Å². The number of carboxylic acid groups (broad SMARTS) is 1. The minimum absolute atomic E-state index is 0.188. The molecule has 1 aromatic carbocycles. The molecule has 1 N–H and O–H groups in total. The number of benzene rings is 1. The average Bonchev–Trinajstić information content (AvgIpc) is 2.22. The van der Waals surface area contributed by atoms with Crippen LogP contribution in [0.1, 0.15) is 17.5 Å². The number of aryl methyl sites for hydroxylation is 1. The summed E-state index contributed by atoms with van der Waals surface area (Å²) in [7, 11) is 0. The predicted molar refractivity (Wildman–Crippen MR) is 56.2 cm³/mol. The highest BCUT2D eigenvalue weighted by atomic mass is 19.1. The summed E-state index contributed by atoms with van der Waals surface area (Å²) in [5.41, 5.74) is 1.29. The van der Waals surface area contributed by atoms with Crippen molar-refractivity contribution in [3.05, 3.63) is 35.1 Å². The number of aliphatic carboxylic acids is 1. The van der Waals surface area contributed by atoms with Crippen LogP contribution in [0.3, 0.4) is 0 Å².